The lowest BCUT2D eigenvalue weighted by molar-refractivity contribution is -0.115. The van der Waals surface area contributed by atoms with Crippen molar-refractivity contribution < 1.29 is 4.79 Å². The number of pyridine rings is 1. The molecule has 0 radical (unpaired) electrons. The quantitative estimate of drug-likeness (QED) is 0.849. The van der Waals surface area contributed by atoms with Crippen molar-refractivity contribution >= 4 is 35.0 Å². The van der Waals surface area contributed by atoms with Crippen molar-refractivity contribution in [1.29, 1.82) is 0 Å². The number of hydrogen-bond acceptors (Lipinski definition) is 3. The molecule has 0 aliphatic rings. The van der Waals surface area contributed by atoms with Crippen LogP contribution in [0.25, 0.3) is 0 Å². The van der Waals surface area contributed by atoms with Crippen LogP contribution in [0.4, 0.5) is 5.69 Å². The minimum atomic E-state index is -0.161. The third kappa shape index (κ3) is 4.25. The number of aromatic nitrogens is 1. The first-order chi connectivity index (χ1) is 9.66. The molecular weight excluding hydrogens is 292 g/mol. The van der Waals surface area contributed by atoms with Crippen molar-refractivity contribution in [3.8, 4) is 0 Å². The lowest BCUT2D eigenvalue weighted by Gasteiger charge is -2.12. The second-order valence-corrected chi connectivity index (χ2v) is 5.96. The van der Waals surface area contributed by atoms with E-state index in [1.54, 1.807) is 30.1 Å². The Balaban J connectivity index is 1.88. The van der Waals surface area contributed by atoms with Gasteiger partial charge in [0.1, 0.15) is 0 Å². The van der Waals surface area contributed by atoms with Crippen LogP contribution in [0.1, 0.15) is 12.5 Å². The van der Waals surface area contributed by atoms with Gasteiger partial charge in [-0.25, -0.2) is 4.98 Å². The van der Waals surface area contributed by atoms with E-state index < -0.39 is 0 Å². The predicted octanol–water partition coefficient (Wildman–Crippen LogP) is 4.00. The van der Waals surface area contributed by atoms with Gasteiger partial charge in [-0.05, 0) is 24.6 Å². The van der Waals surface area contributed by atoms with Crippen LogP contribution in [-0.4, -0.2) is 16.1 Å². The molecule has 0 bridgehead atoms. The maximum atomic E-state index is 12.1. The lowest BCUT2D eigenvalue weighted by atomic mass is 10.2. The number of hydrogen-bond donors (Lipinski definition) is 1. The second-order valence-electron chi connectivity index (χ2n) is 4.27. The minimum Gasteiger partial charge on any atom is -0.323 e. The summed E-state index contributed by atoms with van der Waals surface area (Å²) in [4.78, 5) is 16.0. The van der Waals surface area contributed by atoms with Crippen molar-refractivity contribution in [2.24, 2.45) is 0 Å². The van der Waals surface area contributed by atoms with Crippen molar-refractivity contribution in [3.05, 3.63) is 59.4 Å². The maximum absolute atomic E-state index is 12.1. The van der Waals surface area contributed by atoms with Gasteiger partial charge in [-0.3, -0.25) is 4.79 Å². The van der Waals surface area contributed by atoms with Crippen LogP contribution in [0.2, 0.25) is 5.15 Å². The highest BCUT2D eigenvalue weighted by Crippen LogP contribution is 2.21. The Morgan fingerprint density at radius 3 is 2.75 bits per heavy atom. The van der Waals surface area contributed by atoms with Gasteiger partial charge < -0.3 is 5.32 Å². The van der Waals surface area contributed by atoms with Crippen molar-refractivity contribution in [1.82, 2.24) is 4.98 Å². The average Bonchev–Trinajstić information content (AvgIpc) is 2.48. The number of nitrogens with one attached hydrogen (secondary N) is 1. The number of carbonyl (C=O) groups excluding carboxylic acids is 1. The SMILES string of the molecule is C[C@H](SCc1ccccc1)C(=O)Nc1cccnc1Cl. The molecule has 1 aromatic carbocycles. The van der Waals surface area contributed by atoms with Crippen LogP contribution in [-0.2, 0) is 10.5 Å². The molecule has 0 spiro atoms. The van der Waals surface area contributed by atoms with Gasteiger partial charge in [0.05, 0.1) is 10.9 Å². The molecule has 3 nitrogen and oxygen atoms in total. The van der Waals surface area contributed by atoms with E-state index in [4.69, 9.17) is 11.6 Å². The Bertz CT molecular complexity index is 577. The fourth-order valence-electron chi connectivity index (χ4n) is 1.58. The van der Waals surface area contributed by atoms with Crippen LogP contribution in [0.3, 0.4) is 0 Å². The monoisotopic (exact) mass is 306 g/mol. The van der Waals surface area contributed by atoms with Gasteiger partial charge >= 0.3 is 0 Å². The number of anilines is 1. The van der Waals surface area contributed by atoms with E-state index in [1.807, 2.05) is 25.1 Å². The molecule has 0 aliphatic carbocycles. The Kier molecular flexibility index (Phi) is 5.44. The summed E-state index contributed by atoms with van der Waals surface area (Å²) in [6.07, 6.45) is 1.59. The van der Waals surface area contributed by atoms with Gasteiger partial charge in [0.15, 0.2) is 5.15 Å². The van der Waals surface area contributed by atoms with E-state index in [2.05, 4.69) is 22.4 Å². The van der Waals surface area contributed by atoms with Crippen molar-refractivity contribution in [2.75, 3.05) is 5.32 Å². The summed E-state index contributed by atoms with van der Waals surface area (Å²) in [6, 6.07) is 13.6. The van der Waals surface area contributed by atoms with Gasteiger partial charge in [-0.2, -0.15) is 0 Å². The zero-order valence-corrected chi connectivity index (χ0v) is 12.6. The van der Waals surface area contributed by atoms with E-state index in [9.17, 15) is 4.79 Å². The molecule has 0 aliphatic heterocycles. The molecule has 1 heterocycles. The van der Waals surface area contributed by atoms with Gasteiger partial charge in [0.25, 0.3) is 0 Å². The molecule has 0 saturated heterocycles. The van der Waals surface area contributed by atoms with Crippen LogP contribution >= 0.6 is 23.4 Å². The first-order valence-electron chi connectivity index (χ1n) is 6.23. The molecule has 1 aromatic heterocycles. The second kappa shape index (κ2) is 7.31. The topological polar surface area (TPSA) is 42.0 Å². The minimum absolute atomic E-state index is 0.0687. The summed E-state index contributed by atoms with van der Waals surface area (Å²) >= 11 is 7.50. The zero-order valence-electron chi connectivity index (χ0n) is 11.0. The largest absolute Gasteiger partial charge is 0.323 e. The zero-order chi connectivity index (χ0) is 14.4. The van der Waals surface area contributed by atoms with Crippen LogP contribution in [0.5, 0.6) is 0 Å². The predicted molar refractivity (Wildman–Crippen MR) is 85.1 cm³/mol. The highest BCUT2D eigenvalue weighted by atomic mass is 35.5. The standard InChI is InChI=1S/C15H15ClN2OS/c1-11(20-10-12-6-3-2-4-7-12)15(19)18-13-8-5-9-17-14(13)16/h2-9,11H,10H2,1H3,(H,18,19)/t11-/m0/s1. The van der Waals surface area contributed by atoms with E-state index in [-0.39, 0.29) is 11.2 Å². The summed E-state index contributed by atoms with van der Waals surface area (Å²) < 4.78 is 0. The summed E-state index contributed by atoms with van der Waals surface area (Å²) in [5.41, 5.74) is 1.75. The third-order valence-corrected chi connectivity index (χ3v) is 4.24. The molecule has 0 unspecified atom stereocenters. The van der Waals surface area contributed by atoms with E-state index >= 15 is 0 Å². The Labute approximate surface area is 127 Å². The highest BCUT2D eigenvalue weighted by Gasteiger charge is 2.14. The number of thioether (sulfide) groups is 1. The molecule has 1 amide bonds. The first kappa shape index (κ1) is 14.9. The van der Waals surface area contributed by atoms with E-state index in [0.717, 1.165) is 5.75 Å². The number of benzene rings is 1. The molecule has 0 fully saturated rings. The summed E-state index contributed by atoms with van der Waals surface area (Å²) in [5, 5.41) is 2.94. The molecule has 2 rings (SSSR count). The molecule has 0 saturated carbocycles. The molecule has 1 N–H and O–H groups in total. The Morgan fingerprint density at radius 2 is 2.05 bits per heavy atom. The fourth-order valence-corrected chi connectivity index (χ4v) is 2.60. The smallest absolute Gasteiger partial charge is 0.237 e. The Hall–Kier alpha value is -1.52. The Morgan fingerprint density at radius 1 is 1.30 bits per heavy atom. The van der Waals surface area contributed by atoms with Gasteiger partial charge in [0, 0.05) is 11.9 Å². The summed E-state index contributed by atoms with van der Waals surface area (Å²) in [6.45, 7) is 1.88. The fraction of sp³-hybridized carbons (Fsp3) is 0.200. The molecule has 1 atom stereocenters. The summed E-state index contributed by atoms with van der Waals surface area (Å²) in [5.74, 6) is 0.733. The van der Waals surface area contributed by atoms with Gasteiger partial charge in [-0.15, -0.1) is 11.8 Å². The van der Waals surface area contributed by atoms with Crippen molar-refractivity contribution in [2.45, 2.75) is 17.9 Å². The third-order valence-electron chi connectivity index (χ3n) is 2.73. The normalized spacial score (nSPS) is 11.9. The molecule has 2 aromatic rings. The van der Waals surface area contributed by atoms with Crippen LogP contribution in [0, 0.1) is 0 Å². The highest BCUT2D eigenvalue weighted by molar-refractivity contribution is 7.99. The van der Waals surface area contributed by atoms with Gasteiger partial charge in [0.2, 0.25) is 5.91 Å². The lowest BCUT2D eigenvalue weighted by Crippen LogP contribution is -2.22. The summed E-state index contributed by atoms with van der Waals surface area (Å²) in [7, 11) is 0. The molecule has 104 valence electrons. The number of nitrogens with zero attached hydrogens (tertiary/aromatic N) is 1. The maximum Gasteiger partial charge on any atom is 0.237 e. The van der Waals surface area contributed by atoms with Gasteiger partial charge in [-0.1, -0.05) is 41.9 Å². The van der Waals surface area contributed by atoms with Crippen LogP contribution < -0.4 is 5.32 Å². The number of rotatable bonds is 5. The number of amides is 1. The van der Waals surface area contributed by atoms with E-state index in [0.29, 0.717) is 10.8 Å². The molecular formula is C15H15ClN2OS. The molecule has 5 heteroatoms. The van der Waals surface area contributed by atoms with Crippen LogP contribution in [0.15, 0.2) is 48.7 Å². The number of carbonyl (C=O) groups is 1. The van der Waals surface area contributed by atoms with Crippen molar-refractivity contribution in [3.63, 3.8) is 0 Å². The number of halogens is 1. The van der Waals surface area contributed by atoms with E-state index in [1.165, 1.54) is 5.56 Å². The first-order valence-corrected chi connectivity index (χ1v) is 7.66. The molecule has 20 heavy (non-hydrogen) atoms. The average molecular weight is 307 g/mol.